The van der Waals surface area contributed by atoms with Gasteiger partial charge in [0.1, 0.15) is 41.2 Å². The van der Waals surface area contributed by atoms with E-state index < -0.39 is 71.0 Å². The first kappa shape index (κ1) is 43.6. The van der Waals surface area contributed by atoms with Crippen LogP contribution in [0, 0.1) is 46.3 Å². The topological polar surface area (TPSA) is 237 Å². The number of aliphatic hydroxyl groups excluding tert-OH is 4. The molecule has 0 aromatic heterocycles. The lowest BCUT2D eigenvalue weighted by Gasteiger charge is -2.71. The molecule has 2 aromatic rings. The fourth-order valence-corrected chi connectivity index (χ4v) is 17.8. The molecule has 13 atom stereocenters. The van der Waals surface area contributed by atoms with Gasteiger partial charge in [-0.1, -0.05) is 25.3 Å². The molecule has 8 fully saturated rings. The van der Waals surface area contributed by atoms with Gasteiger partial charge >= 0.3 is 5.97 Å². The van der Waals surface area contributed by atoms with Crippen molar-refractivity contribution in [2.75, 3.05) is 33.0 Å². The lowest BCUT2D eigenvalue weighted by molar-refractivity contribution is -0.327. The molecule has 15 heteroatoms. The summed E-state index contributed by atoms with van der Waals surface area (Å²) < 4.78 is 26.4. The number of phenols is 2. The zero-order valence-corrected chi connectivity index (χ0v) is 37.9. The molecule has 12 rings (SSSR count). The highest BCUT2D eigenvalue weighted by atomic mass is 16.7. The maximum atomic E-state index is 12.7. The highest BCUT2D eigenvalue weighted by Crippen LogP contribution is 2.77. The Morgan fingerprint density at radius 3 is 2.48 bits per heavy atom. The van der Waals surface area contributed by atoms with E-state index in [2.05, 4.69) is 16.9 Å². The molecule has 3 saturated heterocycles. The number of aromatic carboxylic acids is 1. The number of phenolic OH excluding ortho intramolecular Hbond substituents is 2. The van der Waals surface area contributed by atoms with Crippen molar-refractivity contribution in [3.8, 4) is 17.2 Å². The van der Waals surface area contributed by atoms with Crippen LogP contribution < -0.4 is 15.6 Å². The first-order valence-electron chi connectivity index (χ1n) is 24.5. The molecule has 10 aliphatic rings. The van der Waals surface area contributed by atoms with Crippen LogP contribution in [-0.4, -0.2) is 122 Å². The Kier molecular flexibility index (Phi) is 9.71. The number of carbonyl (C=O) groups is 2. The Morgan fingerprint density at radius 2 is 1.74 bits per heavy atom. The quantitative estimate of drug-likeness (QED) is 0.134. The number of Topliss-reactive ketones (excluding diaryl/α,β-unsaturated/α-hetero) is 1. The lowest BCUT2D eigenvalue weighted by Crippen LogP contribution is -2.81. The van der Waals surface area contributed by atoms with E-state index in [0.717, 1.165) is 42.5 Å². The van der Waals surface area contributed by atoms with Crippen LogP contribution in [0.2, 0.25) is 0 Å². The molecule has 6 aliphatic carbocycles. The third kappa shape index (κ3) is 5.46. The number of hydrogen-bond donors (Lipinski definition) is 9. The Balaban J connectivity index is 0.949. The number of allylic oxidation sites excluding steroid dienone is 1. The smallest absolute Gasteiger partial charge is 0.335 e. The summed E-state index contributed by atoms with van der Waals surface area (Å²) in [5, 5.41) is 79.8. The van der Waals surface area contributed by atoms with E-state index in [0.29, 0.717) is 31.5 Å². The molecule has 66 heavy (non-hydrogen) atoms. The molecule has 5 saturated carbocycles. The number of fused-ring (bicyclic) bond motifs is 3. The summed E-state index contributed by atoms with van der Waals surface area (Å²) >= 11 is 0. The van der Waals surface area contributed by atoms with E-state index in [1.807, 2.05) is 0 Å². The fraction of sp³-hybridized carbons (Fsp3) is 0.686. The Hall–Kier alpha value is -3.64. The van der Waals surface area contributed by atoms with Gasteiger partial charge in [0.2, 0.25) is 6.29 Å². The van der Waals surface area contributed by atoms with E-state index >= 15 is 0 Å². The van der Waals surface area contributed by atoms with Crippen molar-refractivity contribution in [3.63, 3.8) is 0 Å². The number of aliphatic hydroxyl groups is 4. The van der Waals surface area contributed by atoms with Crippen LogP contribution in [0.15, 0.2) is 34.9 Å². The number of benzene rings is 2. The number of nitrogens with one attached hydrogen (secondary N) is 2. The lowest BCUT2D eigenvalue weighted by atomic mass is 9.39. The molecule has 0 amide bonds. The van der Waals surface area contributed by atoms with Crippen LogP contribution in [0.1, 0.15) is 123 Å². The van der Waals surface area contributed by atoms with Crippen molar-refractivity contribution >= 4 is 22.5 Å². The number of hydrazine groups is 1. The fourth-order valence-electron chi connectivity index (χ4n) is 17.8. The standard InChI is InChI=1S/C51H64N2O13/c1-25-36(26(2)56)40(58)38-30(39(25)57)14-28(44(61)62)15-33(38)65-45-41(59)43(60)51(35(19-55)66-45)17-32-37-27(21-64-51)6-7-31(37)49(12-13-54)24-63-20-29-16-46-22-48(11-5-10-47(48)8-3-4-9-47)18-34(46)52-53-50(32,23-46)42(29)49/h7,14-15,29,32,34-35,41-43,45,52-55,57-60H,3-6,8-13,16-24H2,1-2H3,(H,61,62). The van der Waals surface area contributed by atoms with Gasteiger partial charge in [-0.25, -0.2) is 4.79 Å². The number of ketones is 1. The molecule has 0 radical (unpaired) electrons. The zero-order valence-electron chi connectivity index (χ0n) is 37.9. The number of hydrogen-bond acceptors (Lipinski definition) is 14. The predicted octanol–water partition coefficient (Wildman–Crippen LogP) is 4.84. The summed E-state index contributed by atoms with van der Waals surface area (Å²) in [5.41, 5.74) is 9.02. The van der Waals surface area contributed by atoms with Crippen molar-refractivity contribution < 1.29 is 64.3 Å². The number of carboxylic acid groups (broad SMARTS) is 1. The van der Waals surface area contributed by atoms with Gasteiger partial charge in [0.15, 0.2) is 5.78 Å². The van der Waals surface area contributed by atoms with Crippen LogP contribution >= 0.6 is 0 Å². The summed E-state index contributed by atoms with van der Waals surface area (Å²) in [6.45, 7) is 3.24. The average Bonchev–Trinajstić information content (AvgIpc) is 4.07. The van der Waals surface area contributed by atoms with Gasteiger partial charge in [0, 0.05) is 47.1 Å². The minimum absolute atomic E-state index is 0.00495. The van der Waals surface area contributed by atoms with Crippen molar-refractivity contribution in [1.82, 2.24) is 10.9 Å². The van der Waals surface area contributed by atoms with Gasteiger partial charge < -0.3 is 54.7 Å². The highest BCUT2D eigenvalue weighted by molar-refractivity contribution is 6.11. The average molecular weight is 913 g/mol. The van der Waals surface area contributed by atoms with E-state index in [1.165, 1.54) is 70.8 Å². The second kappa shape index (κ2) is 14.7. The Morgan fingerprint density at radius 1 is 0.970 bits per heavy atom. The van der Waals surface area contributed by atoms with Crippen molar-refractivity contribution in [2.45, 2.75) is 146 Å². The number of aromatic hydroxyl groups is 2. The van der Waals surface area contributed by atoms with Gasteiger partial charge in [-0.2, -0.15) is 0 Å². The third-order valence-corrected chi connectivity index (χ3v) is 20.0. The van der Waals surface area contributed by atoms with Gasteiger partial charge in [-0.05, 0) is 141 Å². The minimum Gasteiger partial charge on any atom is -0.507 e. The zero-order chi connectivity index (χ0) is 45.9. The maximum Gasteiger partial charge on any atom is 0.335 e. The predicted molar refractivity (Wildman–Crippen MR) is 237 cm³/mol. The summed E-state index contributed by atoms with van der Waals surface area (Å²) in [6.07, 6.45) is 10.5. The SMILES string of the molecule is CC(=O)c1c(C)c(O)c2cc(C(=O)O)cc(OC3OC(CO)C4(CC5C6=C(CC=C6C6(CCO)COCC7CC89CC5(NNC8CC5(CCCC58CCCC8)C9)C76)CO4)C(O)C3O)c2c1O. The van der Waals surface area contributed by atoms with Gasteiger partial charge in [-0.15, -0.1) is 0 Å². The van der Waals surface area contributed by atoms with Crippen LogP contribution in [0.5, 0.6) is 17.2 Å². The summed E-state index contributed by atoms with van der Waals surface area (Å²) in [5.74, 6) is -3.26. The Labute approximate surface area is 383 Å². The molecule has 2 bridgehead atoms. The van der Waals surface area contributed by atoms with Crippen LogP contribution in [0.3, 0.4) is 0 Å². The van der Waals surface area contributed by atoms with Gasteiger partial charge in [0.05, 0.1) is 36.3 Å². The van der Waals surface area contributed by atoms with Crippen LogP contribution in [-0.2, 0) is 14.2 Å². The molecule has 5 spiro atoms. The van der Waals surface area contributed by atoms with Crippen molar-refractivity contribution in [3.05, 3.63) is 51.6 Å². The molecule has 4 aliphatic heterocycles. The minimum atomic E-state index is -1.82. The largest absolute Gasteiger partial charge is 0.507 e. The van der Waals surface area contributed by atoms with Crippen LogP contribution in [0.4, 0.5) is 0 Å². The monoisotopic (exact) mass is 912 g/mol. The third-order valence-electron chi connectivity index (χ3n) is 20.0. The molecular weight excluding hydrogens is 849 g/mol. The molecule has 4 heterocycles. The molecule has 15 nitrogen and oxygen atoms in total. The molecular formula is C51H64N2O13. The number of carboxylic acids is 1. The highest BCUT2D eigenvalue weighted by Gasteiger charge is 2.77. The van der Waals surface area contributed by atoms with E-state index in [-0.39, 0.29) is 87.5 Å². The number of ether oxygens (including phenoxy) is 4. The molecule has 9 N–H and O–H groups in total. The molecule has 2 aromatic carbocycles. The maximum absolute atomic E-state index is 12.7. The summed E-state index contributed by atoms with van der Waals surface area (Å²) in [7, 11) is 0. The van der Waals surface area contributed by atoms with Crippen molar-refractivity contribution in [2.24, 2.45) is 39.4 Å². The van der Waals surface area contributed by atoms with Gasteiger partial charge in [0.25, 0.3) is 0 Å². The first-order valence-corrected chi connectivity index (χ1v) is 24.5. The van der Waals surface area contributed by atoms with E-state index in [9.17, 15) is 45.3 Å². The van der Waals surface area contributed by atoms with E-state index in [4.69, 9.17) is 18.9 Å². The number of rotatable bonds is 7. The van der Waals surface area contributed by atoms with Crippen LogP contribution in [0.25, 0.3) is 10.8 Å². The first-order chi connectivity index (χ1) is 31.6. The second-order valence-electron chi connectivity index (χ2n) is 22.5. The summed E-state index contributed by atoms with van der Waals surface area (Å²) in [6, 6.07) is 2.53. The number of carbonyl (C=O) groups excluding carboxylic acids is 1. The molecule has 356 valence electrons. The normalized spacial score (nSPS) is 42.7. The second-order valence-corrected chi connectivity index (χ2v) is 22.5. The summed E-state index contributed by atoms with van der Waals surface area (Å²) in [4.78, 5) is 25.1. The van der Waals surface area contributed by atoms with Crippen molar-refractivity contribution in [1.29, 1.82) is 0 Å². The Bertz CT molecular complexity index is 2490. The van der Waals surface area contributed by atoms with Gasteiger partial charge in [-0.3, -0.25) is 15.6 Å². The van der Waals surface area contributed by atoms with E-state index in [1.54, 1.807) is 0 Å². The molecule has 13 unspecified atom stereocenters.